The number of hydrogen-bond donors (Lipinski definition) is 1. The molecule has 0 bridgehead atoms. The Balaban J connectivity index is 1.77. The molecule has 3 rings (SSSR count). The first kappa shape index (κ1) is 19.2. The Labute approximate surface area is 155 Å². The largest absolute Gasteiger partial charge is 0.368 e. The maximum Gasteiger partial charge on any atom is 0.266 e. The Kier molecular flexibility index (Phi) is 5.95. The minimum absolute atomic E-state index is 0.172. The fourth-order valence-electron chi connectivity index (χ4n) is 2.95. The van der Waals surface area contributed by atoms with E-state index in [-0.39, 0.29) is 24.1 Å². The van der Waals surface area contributed by atoms with Crippen molar-refractivity contribution in [3.8, 4) is 11.3 Å². The van der Waals surface area contributed by atoms with Gasteiger partial charge in [0.05, 0.1) is 12.2 Å². The standard InChI is InChI=1S/C19H21F2N3O3/c1-2-13(22-19(26)17-4-3-9-27-17)11-24-18(25)8-7-16(23-24)12-5-6-14(20)15(21)10-12/h5-8,10,13,17H,2-4,9,11H2,1H3,(H,22,26)/t13-,17?/m1/s1. The van der Waals surface area contributed by atoms with Crippen molar-refractivity contribution in [1.29, 1.82) is 0 Å². The summed E-state index contributed by atoms with van der Waals surface area (Å²) in [4.78, 5) is 24.4. The van der Waals surface area contributed by atoms with Crippen LogP contribution in [-0.2, 0) is 16.1 Å². The first-order valence-electron chi connectivity index (χ1n) is 8.93. The fourth-order valence-corrected chi connectivity index (χ4v) is 2.95. The number of aromatic nitrogens is 2. The van der Waals surface area contributed by atoms with Gasteiger partial charge in [0.2, 0.25) is 5.91 Å². The van der Waals surface area contributed by atoms with Gasteiger partial charge in [-0.05, 0) is 43.5 Å². The van der Waals surface area contributed by atoms with Gasteiger partial charge in [0, 0.05) is 24.3 Å². The number of rotatable bonds is 6. The summed E-state index contributed by atoms with van der Waals surface area (Å²) in [6, 6.07) is 5.91. The van der Waals surface area contributed by atoms with Gasteiger partial charge in [0.15, 0.2) is 11.6 Å². The SMILES string of the molecule is CC[C@H](Cn1nc(-c2ccc(F)c(F)c2)ccc1=O)NC(=O)C1CCCO1. The van der Waals surface area contributed by atoms with Gasteiger partial charge in [-0.15, -0.1) is 0 Å². The maximum absolute atomic E-state index is 13.5. The third kappa shape index (κ3) is 4.57. The summed E-state index contributed by atoms with van der Waals surface area (Å²) in [7, 11) is 0. The zero-order valence-electron chi connectivity index (χ0n) is 15.0. The van der Waals surface area contributed by atoms with Crippen molar-refractivity contribution >= 4 is 5.91 Å². The Morgan fingerprint density at radius 1 is 1.33 bits per heavy atom. The lowest BCUT2D eigenvalue weighted by Crippen LogP contribution is -2.44. The second kappa shape index (κ2) is 8.39. The quantitative estimate of drug-likeness (QED) is 0.838. The molecule has 1 fully saturated rings. The molecule has 2 heterocycles. The van der Waals surface area contributed by atoms with Gasteiger partial charge in [0.1, 0.15) is 6.10 Å². The number of ether oxygens (including phenoxy) is 1. The fraction of sp³-hybridized carbons (Fsp3) is 0.421. The molecule has 0 aliphatic carbocycles. The summed E-state index contributed by atoms with van der Waals surface area (Å²) in [5.41, 5.74) is 0.360. The highest BCUT2D eigenvalue weighted by molar-refractivity contribution is 5.81. The average molecular weight is 377 g/mol. The molecule has 8 heteroatoms. The molecule has 2 aromatic rings. The van der Waals surface area contributed by atoms with Gasteiger partial charge in [-0.3, -0.25) is 9.59 Å². The summed E-state index contributed by atoms with van der Waals surface area (Å²) in [5, 5.41) is 7.13. The lowest BCUT2D eigenvalue weighted by molar-refractivity contribution is -0.130. The maximum atomic E-state index is 13.5. The molecule has 6 nitrogen and oxygen atoms in total. The van der Waals surface area contributed by atoms with Crippen LogP contribution in [0.2, 0.25) is 0 Å². The van der Waals surface area contributed by atoms with E-state index in [2.05, 4.69) is 10.4 Å². The molecule has 1 saturated heterocycles. The summed E-state index contributed by atoms with van der Waals surface area (Å²) >= 11 is 0. The molecular weight excluding hydrogens is 356 g/mol. The first-order valence-corrected chi connectivity index (χ1v) is 8.93. The van der Waals surface area contributed by atoms with Crippen LogP contribution >= 0.6 is 0 Å². The lowest BCUT2D eigenvalue weighted by atomic mass is 10.1. The minimum atomic E-state index is -0.984. The van der Waals surface area contributed by atoms with Crippen LogP contribution in [0.25, 0.3) is 11.3 Å². The third-order valence-corrected chi connectivity index (χ3v) is 4.54. The Hall–Kier alpha value is -2.61. The van der Waals surface area contributed by atoms with Gasteiger partial charge >= 0.3 is 0 Å². The zero-order chi connectivity index (χ0) is 19.4. The molecule has 1 aliphatic heterocycles. The second-order valence-electron chi connectivity index (χ2n) is 6.48. The number of carbonyl (C=O) groups is 1. The molecule has 0 saturated carbocycles. The first-order chi connectivity index (χ1) is 13.0. The minimum Gasteiger partial charge on any atom is -0.368 e. The van der Waals surface area contributed by atoms with Crippen LogP contribution in [0.1, 0.15) is 26.2 Å². The number of nitrogens with zero attached hydrogens (tertiary/aromatic N) is 2. The van der Waals surface area contributed by atoms with Gasteiger partial charge in [-0.1, -0.05) is 6.92 Å². The van der Waals surface area contributed by atoms with Gasteiger partial charge < -0.3 is 10.1 Å². The van der Waals surface area contributed by atoms with Crippen molar-refractivity contribution in [2.75, 3.05) is 6.61 Å². The van der Waals surface area contributed by atoms with Crippen LogP contribution in [0.5, 0.6) is 0 Å². The number of halogens is 2. The highest BCUT2D eigenvalue weighted by Crippen LogP contribution is 2.18. The van der Waals surface area contributed by atoms with Crippen molar-refractivity contribution in [2.24, 2.45) is 0 Å². The Morgan fingerprint density at radius 3 is 2.81 bits per heavy atom. The van der Waals surface area contributed by atoms with E-state index in [0.717, 1.165) is 18.6 Å². The van der Waals surface area contributed by atoms with Gasteiger partial charge in [0.25, 0.3) is 5.56 Å². The predicted molar refractivity (Wildman–Crippen MR) is 95.0 cm³/mol. The average Bonchev–Trinajstić information content (AvgIpc) is 3.20. The van der Waals surface area contributed by atoms with Crippen LogP contribution in [0, 0.1) is 11.6 Å². The zero-order valence-corrected chi connectivity index (χ0v) is 15.0. The number of amides is 1. The summed E-state index contributed by atoms with van der Waals surface area (Å²) in [6.07, 6.45) is 1.69. The van der Waals surface area contributed by atoms with E-state index < -0.39 is 17.7 Å². The van der Waals surface area contributed by atoms with E-state index in [0.29, 0.717) is 30.7 Å². The topological polar surface area (TPSA) is 73.2 Å². The molecule has 144 valence electrons. The van der Waals surface area contributed by atoms with E-state index in [1.807, 2.05) is 6.92 Å². The molecule has 1 amide bonds. The molecule has 2 atom stereocenters. The van der Waals surface area contributed by atoms with E-state index in [1.165, 1.54) is 22.9 Å². The smallest absolute Gasteiger partial charge is 0.266 e. The second-order valence-corrected chi connectivity index (χ2v) is 6.48. The molecule has 27 heavy (non-hydrogen) atoms. The third-order valence-electron chi connectivity index (χ3n) is 4.54. The number of hydrogen-bond acceptors (Lipinski definition) is 4. The summed E-state index contributed by atoms with van der Waals surface area (Å²) in [5.74, 6) is -2.12. The van der Waals surface area contributed by atoms with Gasteiger partial charge in [-0.2, -0.15) is 5.10 Å². The predicted octanol–water partition coefficient (Wildman–Crippen LogP) is 2.26. The van der Waals surface area contributed by atoms with Gasteiger partial charge in [-0.25, -0.2) is 13.5 Å². The Morgan fingerprint density at radius 2 is 2.15 bits per heavy atom. The molecule has 1 aliphatic rings. The molecule has 1 aromatic heterocycles. The van der Waals surface area contributed by atoms with E-state index >= 15 is 0 Å². The highest BCUT2D eigenvalue weighted by Gasteiger charge is 2.25. The number of benzene rings is 1. The van der Waals surface area contributed by atoms with Crippen LogP contribution in [0.15, 0.2) is 35.1 Å². The normalized spacial score (nSPS) is 17.7. The van der Waals surface area contributed by atoms with Crippen LogP contribution < -0.4 is 10.9 Å². The van der Waals surface area contributed by atoms with Crippen molar-refractivity contribution in [1.82, 2.24) is 15.1 Å². The molecule has 0 radical (unpaired) electrons. The van der Waals surface area contributed by atoms with E-state index in [4.69, 9.17) is 4.74 Å². The van der Waals surface area contributed by atoms with Crippen LogP contribution in [-0.4, -0.2) is 34.4 Å². The van der Waals surface area contributed by atoms with E-state index in [1.54, 1.807) is 0 Å². The van der Waals surface area contributed by atoms with Crippen molar-refractivity contribution in [3.05, 3.63) is 52.3 Å². The molecule has 1 unspecified atom stereocenters. The van der Waals surface area contributed by atoms with Crippen LogP contribution in [0.4, 0.5) is 8.78 Å². The number of carbonyl (C=O) groups excluding carboxylic acids is 1. The van der Waals surface area contributed by atoms with Crippen molar-refractivity contribution < 1.29 is 18.3 Å². The van der Waals surface area contributed by atoms with Crippen molar-refractivity contribution in [2.45, 2.75) is 44.9 Å². The monoisotopic (exact) mass is 377 g/mol. The summed E-state index contributed by atoms with van der Waals surface area (Å²) in [6.45, 7) is 2.64. The lowest BCUT2D eigenvalue weighted by Gasteiger charge is -2.20. The molecule has 1 aromatic carbocycles. The highest BCUT2D eigenvalue weighted by atomic mass is 19.2. The Bertz CT molecular complexity index is 879. The molecule has 0 spiro atoms. The summed E-state index contributed by atoms with van der Waals surface area (Å²) < 4.78 is 33.2. The van der Waals surface area contributed by atoms with E-state index in [9.17, 15) is 18.4 Å². The van der Waals surface area contributed by atoms with Crippen molar-refractivity contribution in [3.63, 3.8) is 0 Å². The number of nitrogens with one attached hydrogen (secondary N) is 1. The molecular formula is C19H21F2N3O3. The van der Waals surface area contributed by atoms with Crippen LogP contribution in [0.3, 0.4) is 0 Å². The molecule has 1 N–H and O–H groups in total.